The molecular weight excluding hydrogens is 228 g/mol. The molecule has 96 valence electrons. The van der Waals surface area contributed by atoms with Gasteiger partial charge in [-0.25, -0.2) is 4.98 Å². The summed E-state index contributed by atoms with van der Waals surface area (Å²) in [6.45, 7) is 6.54. The van der Waals surface area contributed by atoms with Gasteiger partial charge in [-0.1, -0.05) is 32.6 Å². The highest BCUT2D eigenvalue weighted by Crippen LogP contribution is 2.33. The summed E-state index contributed by atoms with van der Waals surface area (Å²) in [5.74, 6) is 1.72. The van der Waals surface area contributed by atoms with E-state index in [1.807, 2.05) is 0 Å². The smallest absolute Gasteiger partial charge is 0.0897 e. The number of hydrogen-bond acceptors (Lipinski definition) is 3. The lowest BCUT2D eigenvalue weighted by molar-refractivity contribution is 0.321. The second-order valence-electron chi connectivity index (χ2n) is 5.17. The minimum Gasteiger partial charge on any atom is -0.317 e. The highest BCUT2D eigenvalue weighted by molar-refractivity contribution is 7.09. The maximum atomic E-state index is 4.62. The molecule has 0 radical (unpaired) electrons. The van der Waals surface area contributed by atoms with Crippen LogP contribution in [0.3, 0.4) is 0 Å². The van der Waals surface area contributed by atoms with Crippen LogP contribution in [0, 0.1) is 18.8 Å². The first-order valence-corrected chi connectivity index (χ1v) is 7.79. The van der Waals surface area contributed by atoms with Crippen LogP contribution in [0.25, 0.3) is 0 Å². The van der Waals surface area contributed by atoms with Crippen molar-refractivity contribution in [2.45, 2.75) is 46.0 Å². The Morgan fingerprint density at radius 1 is 1.47 bits per heavy atom. The van der Waals surface area contributed by atoms with Gasteiger partial charge in [-0.2, -0.15) is 0 Å². The van der Waals surface area contributed by atoms with Crippen LogP contribution in [-0.4, -0.2) is 18.1 Å². The van der Waals surface area contributed by atoms with E-state index in [0.29, 0.717) is 0 Å². The summed E-state index contributed by atoms with van der Waals surface area (Å²) in [5, 5.41) is 6.97. The third kappa shape index (κ3) is 3.78. The van der Waals surface area contributed by atoms with Gasteiger partial charge in [0.05, 0.1) is 10.7 Å². The molecular formula is C14H24N2S. The first-order valence-electron chi connectivity index (χ1n) is 6.91. The van der Waals surface area contributed by atoms with E-state index >= 15 is 0 Å². The molecule has 0 spiro atoms. The SMILES string of the molecule is CCNCC(Cc1csc(C)n1)C1CCCC1. The Morgan fingerprint density at radius 2 is 2.24 bits per heavy atom. The number of nitrogens with one attached hydrogen (secondary N) is 1. The van der Waals surface area contributed by atoms with E-state index in [1.165, 1.54) is 42.8 Å². The molecule has 1 heterocycles. The Kier molecular flexibility index (Phi) is 4.99. The fourth-order valence-electron chi connectivity index (χ4n) is 2.93. The van der Waals surface area contributed by atoms with Crippen LogP contribution in [0.4, 0.5) is 0 Å². The Morgan fingerprint density at radius 3 is 2.82 bits per heavy atom. The van der Waals surface area contributed by atoms with Crippen LogP contribution in [0.2, 0.25) is 0 Å². The Labute approximate surface area is 109 Å². The molecule has 1 aliphatic carbocycles. The molecule has 1 aliphatic rings. The van der Waals surface area contributed by atoms with Crippen molar-refractivity contribution in [1.29, 1.82) is 0 Å². The third-order valence-corrected chi connectivity index (χ3v) is 4.68. The second-order valence-corrected chi connectivity index (χ2v) is 6.24. The van der Waals surface area contributed by atoms with Gasteiger partial charge in [-0.05, 0) is 38.3 Å². The normalized spacial score (nSPS) is 18.7. The first-order chi connectivity index (χ1) is 8.29. The maximum absolute atomic E-state index is 4.62. The van der Waals surface area contributed by atoms with E-state index in [-0.39, 0.29) is 0 Å². The molecule has 1 saturated carbocycles. The van der Waals surface area contributed by atoms with E-state index in [0.717, 1.165) is 24.9 Å². The summed E-state index contributed by atoms with van der Waals surface area (Å²) in [6.07, 6.45) is 6.90. The molecule has 1 atom stereocenters. The molecule has 0 bridgehead atoms. The van der Waals surface area contributed by atoms with Gasteiger partial charge in [0, 0.05) is 5.38 Å². The maximum Gasteiger partial charge on any atom is 0.0897 e. The minimum atomic E-state index is 0.791. The first kappa shape index (κ1) is 13.0. The molecule has 0 aromatic carbocycles. The number of hydrogen-bond donors (Lipinski definition) is 1. The van der Waals surface area contributed by atoms with E-state index in [9.17, 15) is 0 Å². The molecule has 0 aliphatic heterocycles. The molecule has 2 nitrogen and oxygen atoms in total. The molecule has 0 saturated heterocycles. The van der Waals surface area contributed by atoms with Gasteiger partial charge in [-0.15, -0.1) is 11.3 Å². The molecule has 1 unspecified atom stereocenters. The van der Waals surface area contributed by atoms with Gasteiger partial charge >= 0.3 is 0 Å². The Balaban J connectivity index is 1.94. The zero-order valence-electron chi connectivity index (χ0n) is 11.0. The number of aromatic nitrogens is 1. The second kappa shape index (κ2) is 6.50. The molecule has 1 N–H and O–H groups in total. The molecule has 1 aromatic rings. The number of rotatable bonds is 6. The average molecular weight is 252 g/mol. The van der Waals surface area contributed by atoms with Crippen LogP contribution in [-0.2, 0) is 6.42 Å². The molecule has 2 rings (SSSR count). The van der Waals surface area contributed by atoms with Crippen LogP contribution < -0.4 is 5.32 Å². The van der Waals surface area contributed by atoms with Gasteiger partial charge in [0.2, 0.25) is 0 Å². The van der Waals surface area contributed by atoms with Crippen molar-refractivity contribution in [1.82, 2.24) is 10.3 Å². The topological polar surface area (TPSA) is 24.9 Å². The monoisotopic (exact) mass is 252 g/mol. The summed E-state index contributed by atoms with van der Waals surface area (Å²) >= 11 is 1.78. The fourth-order valence-corrected chi connectivity index (χ4v) is 3.56. The summed E-state index contributed by atoms with van der Waals surface area (Å²) in [6, 6.07) is 0. The van der Waals surface area contributed by atoms with Crippen molar-refractivity contribution in [3.05, 3.63) is 16.1 Å². The zero-order chi connectivity index (χ0) is 12.1. The van der Waals surface area contributed by atoms with Gasteiger partial charge < -0.3 is 5.32 Å². The standard InChI is InChI=1S/C14H24N2S/c1-3-15-9-13(12-6-4-5-7-12)8-14-10-17-11(2)16-14/h10,12-13,15H,3-9H2,1-2H3. The van der Waals surface area contributed by atoms with Crippen molar-refractivity contribution in [2.75, 3.05) is 13.1 Å². The fraction of sp³-hybridized carbons (Fsp3) is 0.786. The summed E-state index contributed by atoms with van der Waals surface area (Å²) < 4.78 is 0. The number of nitrogens with zero attached hydrogens (tertiary/aromatic N) is 1. The molecule has 0 amide bonds. The summed E-state index contributed by atoms with van der Waals surface area (Å²) in [5.41, 5.74) is 1.31. The lowest BCUT2D eigenvalue weighted by Crippen LogP contribution is -2.29. The van der Waals surface area contributed by atoms with Crippen molar-refractivity contribution < 1.29 is 0 Å². The van der Waals surface area contributed by atoms with Crippen molar-refractivity contribution >= 4 is 11.3 Å². The average Bonchev–Trinajstić information content (AvgIpc) is 2.95. The molecule has 3 heteroatoms. The van der Waals surface area contributed by atoms with Gasteiger partial charge in [0.1, 0.15) is 0 Å². The van der Waals surface area contributed by atoms with Crippen molar-refractivity contribution in [2.24, 2.45) is 11.8 Å². The van der Waals surface area contributed by atoms with E-state index < -0.39 is 0 Å². The van der Waals surface area contributed by atoms with Gasteiger partial charge in [0.15, 0.2) is 0 Å². The lowest BCUT2D eigenvalue weighted by atomic mass is 9.87. The summed E-state index contributed by atoms with van der Waals surface area (Å²) in [7, 11) is 0. The number of thiazole rings is 1. The van der Waals surface area contributed by atoms with E-state index in [4.69, 9.17) is 0 Å². The van der Waals surface area contributed by atoms with Gasteiger partial charge in [0.25, 0.3) is 0 Å². The summed E-state index contributed by atoms with van der Waals surface area (Å²) in [4.78, 5) is 4.62. The molecule has 1 aromatic heterocycles. The van der Waals surface area contributed by atoms with Crippen molar-refractivity contribution in [3.63, 3.8) is 0 Å². The Hall–Kier alpha value is -0.410. The van der Waals surface area contributed by atoms with Crippen LogP contribution in [0.5, 0.6) is 0 Å². The highest BCUT2D eigenvalue weighted by atomic mass is 32.1. The van der Waals surface area contributed by atoms with E-state index in [2.05, 4.69) is 29.5 Å². The molecule has 1 fully saturated rings. The Bertz CT molecular complexity index is 329. The predicted octanol–water partition coefficient (Wildman–Crippen LogP) is 3.41. The zero-order valence-corrected chi connectivity index (χ0v) is 11.9. The van der Waals surface area contributed by atoms with Gasteiger partial charge in [-0.3, -0.25) is 0 Å². The molecule has 17 heavy (non-hydrogen) atoms. The predicted molar refractivity (Wildman–Crippen MR) is 74.5 cm³/mol. The van der Waals surface area contributed by atoms with Crippen molar-refractivity contribution in [3.8, 4) is 0 Å². The minimum absolute atomic E-state index is 0.791. The largest absolute Gasteiger partial charge is 0.317 e. The third-order valence-electron chi connectivity index (χ3n) is 3.86. The quantitative estimate of drug-likeness (QED) is 0.839. The number of aryl methyl sites for hydroxylation is 1. The highest BCUT2D eigenvalue weighted by Gasteiger charge is 2.25. The van der Waals surface area contributed by atoms with Crippen LogP contribution in [0.1, 0.15) is 43.3 Å². The lowest BCUT2D eigenvalue weighted by Gasteiger charge is -2.23. The van der Waals surface area contributed by atoms with E-state index in [1.54, 1.807) is 11.3 Å². The van der Waals surface area contributed by atoms with Crippen LogP contribution in [0.15, 0.2) is 5.38 Å². The van der Waals surface area contributed by atoms with Crippen LogP contribution >= 0.6 is 11.3 Å².